The average Bonchev–Trinajstić information content (AvgIpc) is 2.96. The van der Waals surface area contributed by atoms with Crippen molar-refractivity contribution in [1.29, 1.82) is 0 Å². The second-order valence-electron chi connectivity index (χ2n) is 7.10. The lowest BCUT2D eigenvalue weighted by atomic mass is 10.0. The van der Waals surface area contributed by atoms with Crippen molar-refractivity contribution < 1.29 is 9.53 Å². The molecule has 5 heteroatoms. The Morgan fingerprint density at radius 3 is 2.35 bits per heavy atom. The zero-order valence-corrected chi connectivity index (χ0v) is 19.4. The number of carbonyl (C=O) groups excluding carboxylic acids is 1. The van der Waals surface area contributed by atoms with Gasteiger partial charge in [-0.1, -0.05) is 43.8 Å². The van der Waals surface area contributed by atoms with Crippen LogP contribution in [0.25, 0.3) is 0 Å². The van der Waals surface area contributed by atoms with Crippen LogP contribution in [0.3, 0.4) is 0 Å². The van der Waals surface area contributed by atoms with E-state index in [-0.39, 0.29) is 11.9 Å². The van der Waals surface area contributed by atoms with E-state index in [1.54, 1.807) is 18.9 Å². The van der Waals surface area contributed by atoms with E-state index in [1.165, 1.54) is 0 Å². The van der Waals surface area contributed by atoms with Crippen LogP contribution in [0.2, 0.25) is 0 Å². The van der Waals surface area contributed by atoms with Gasteiger partial charge in [0.2, 0.25) is 0 Å². The fourth-order valence-corrected chi connectivity index (χ4v) is 4.20. The van der Waals surface area contributed by atoms with Crippen LogP contribution >= 0.6 is 11.8 Å². The van der Waals surface area contributed by atoms with Crippen LogP contribution in [-0.2, 0) is 0 Å². The van der Waals surface area contributed by atoms with Crippen molar-refractivity contribution in [3.8, 4) is 5.75 Å². The van der Waals surface area contributed by atoms with Gasteiger partial charge in [-0.2, -0.15) is 0 Å². The highest BCUT2D eigenvalue weighted by molar-refractivity contribution is 7.99. The van der Waals surface area contributed by atoms with Crippen LogP contribution in [0.4, 0.5) is 5.69 Å². The van der Waals surface area contributed by atoms with Crippen molar-refractivity contribution in [1.82, 2.24) is 5.32 Å². The molecular formula is C26H28N2O2S. The number of nitrogens with one attached hydrogen (secondary N) is 1. The van der Waals surface area contributed by atoms with E-state index in [4.69, 9.17) is 9.73 Å². The molecule has 0 bridgehead atoms. The number of nitrogens with zero attached hydrogens (tertiary/aromatic N) is 1. The number of benzene rings is 3. The lowest BCUT2D eigenvalue weighted by molar-refractivity contribution is 0.0943. The molecule has 1 heterocycles. The van der Waals surface area contributed by atoms with Gasteiger partial charge < -0.3 is 10.1 Å². The van der Waals surface area contributed by atoms with Gasteiger partial charge in [-0.3, -0.25) is 4.79 Å². The molecule has 4 rings (SSSR count). The Morgan fingerprint density at radius 1 is 0.968 bits per heavy atom. The largest absolute Gasteiger partial charge is 0.497 e. The first-order valence-electron chi connectivity index (χ1n) is 10.5. The molecule has 0 saturated carbocycles. The third kappa shape index (κ3) is 5.17. The summed E-state index contributed by atoms with van der Waals surface area (Å²) in [5, 5.41) is 2.95. The van der Waals surface area contributed by atoms with Gasteiger partial charge in [0.15, 0.2) is 0 Å². The molecule has 0 aromatic heterocycles. The van der Waals surface area contributed by atoms with Gasteiger partial charge in [-0.05, 0) is 62.4 Å². The van der Waals surface area contributed by atoms with E-state index in [0.29, 0.717) is 5.56 Å². The molecule has 0 saturated heterocycles. The number of rotatable bonds is 4. The highest BCUT2D eigenvalue weighted by Crippen LogP contribution is 2.41. The maximum atomic E-state index is 12.5. The number of carbonyl (C=O) groups is 1. The summed E-state index contributed by atoms with van der Waals surface area (Å²) in [6.07, 6.45) is 0. The maximum Gasteiger partial charge on any atom is 0.251 e. The molecule has 0 aliphatic carbocycles. The van der Waals surface area contributed by atoms with Crippen molar-refractivity contribution in [2.75, 3.05) is 7.11 Å². The van der Waals surface area contributed by atoms with Crippen LogP contribution in [0.5, 0.6) is 5.75 Å². The van der Waals surface area contributed by atoms with Crippen molar-refractivity contribution >= 4 is 29.1 Å². The number of methoxy groups -OCH3 is 1. The van der Waals surface area contributed by atoms with E-state index in [1.807, 2.05) is 82.3 Å². The topological polar surface area (TPSA) is 50.7 Å². The Balaban J connectivity index is 0.00000132. The van der Waals surface area contributed by atoms with Crippen molar-refractivity contribution in [2.45, 2.75) is 43.5 Å². The highest BCUT2D eigenvalue weighted by atomic mass is 32.2. The lowest BCUT2D eigenvalue weighted by Gasteiger charge is -2.10. The van der Waals surface area contributed by atoms with Crippen LogP contribution < -0.4 is 10.1 Å². The van der Waals surface area contributed by atoms with Crippen LogP contribution in [0, 0.1) is 0 Å². The Labute approximate surface area is 188 Å². The number of aliphatic imine (C=N–C) groups is 1. The van der Waals surface area contributed by atoms with Gasteiger partial charge in [0.1, 0.15) is 5.75 Å². The third-order valence-corrected chi connectivity index (χ3v) is 5.74. The first kappa shape index (κ1) is 22.6. The second-order valence-corrected chi connectivity index (χ2v) is 8.18. The number of fused-ring (bicyclic) bond motifs is 2. The van der Waals surface area contributed by atoms with Crippen molar-refractivity contribution in [2.24, 2.45) is 4.99 Å². The fourth-order valence-electron chi connectivity index (χ4n) is 3.20. The van der Waals surface area contributed by atoms with E-state index in [0.717, 1.165) is 38.1 Å². The smallest absolute Gasteiger partial charge is 0.251 e. The molecule has 160 valence electrons. The van der Waals surface area contributed by atoms with Gasteiger partial charge >= 0.3 is 0 Å². The maximum absolute atomic E-state index is 12.5. The predicted octanol–water partition coefficient (Wildman–Crippen LogP) is 6.49. The molecule has 0 radical (unpaired) electrons. The molecule has 4 nitrogen and oxygen atoms in total. The Morgan fingerprint density at radius 2 is 1.68 bits per heavy atom. The summed E-state index contributed by atoms with van der Waals surface area (Å²) in [5.74, 6) is 0.717. The normalized spacial score (nSPS) is 11.9. The van der Waals surface area contributed by atoms with Crippen LogP contribution in [-0.4, -0.2) is 24.8 Å². The average molecular weight is 433 g/mol. The summed E-state index contributed by atoms with van der Waals surface area (Å²) < 4.78 is 5.29. The summed E-state index contributed by atoms with van der Waals surface area (Å²) >= 11 is 1.67. The predicted molar refractivity (Wildman–Crippen MR) is 129 cm³/mol. The molecule has 1 amide bonds. The minimum atomic E-state index is -0.0873. The molecular weight excluding hydrogens is 404 g/mol. The Hall–Kier alpha value is -3.05. The van der Waals surface area contributed by atoms with E-state index in [9.17, 15) is 4.79 Å². The van der Waals surface area contributed by atoms with Gasteiger partial charge in [-0.25, -0.2) is 4.99 Å². The van der Waals surface area contributed by atoms with Crippen LogP contribution in [0.1, 0.15) is 49.2 Å². The minimum Gasteiger partial charge on any atom is -0.497 e. The minimum absolute atomic E-state index is 0.0818. The standard InChI is InChI=1S/C24H22N2O2S.C2H6/c1-15(2)25-24(27)17-10-13-22-20(14-17)26-23(16-8-11-18(28-3)12-9-16)19-6-4-5-7-21(19)29-22;1-2/h4-15H,1-3H3,(H,25,27);1-2H3. The van der Waals surface area contributed by atoms with E-state index < -0.39 is 0 Å². The molecule has 1 aliphatic heterocycles. The second kappa shape index (κ2) is 10.3. The number of amides is 1. The first-order chi connectivity index (χ1) is 15.0. The summed E-state index contributed by atoms with van der Waals surface area (Å²) in [6, 6.07) is 21.9. The van der Waals surface area contributed by atoms with Gasteiger partial charge in [0, 0.05) is 32.5 Å². The first-order valence-corrected chi connectivity index (χ1v) is 11.3. The molecule has 31 heavy (non-hydrogen) atoms. The number of hydrogen-bond acceptors (Lipinski definition) is 4. The SMILES string of the molecule is CC.COc1ccc(C2=Nc3cc(C(=O)NC(C)C)ccc3Sc3ccccc32)cc1. The zero-order valence-electron chi connectivity index (χ0n) is 18.6. The van der Waals surface area contributed by atoms with Gasteiger partial charge in [0.25, 0.3) is 5.91 Å². The third-order valence-electron chi connectivity index (χ3n) is 4.60. The Kier molecular flexibility index (Phi) is 7.53. The Bertz CT molecular complexity index is 1090. The summed E-state index contributed by atoms with van der Waals surface area (Å²) in [4.78, 5) is 19.7. The van der Waals surface area contributed by atoms with E-state index in [2.05, 4.69) is 17.4 Å². The lowest BCUT2D eigenvalue weighted by Crippen LogP contribution is -2.29. The molecule has 3 aromatic rings. The molecule has 0 atom stereocenters. The van der Waals surface area contributed by atoms with Crippen molar-refractivity contribution in [3.05, 3.63) is 83.4 Å². The molecule has 0 fully saturated rings. The molecule has 1 aliphatic rings. The van der Waals surface area contributed by atoms with E-state index >= 15 is 0 Å². The monoisotopic (exact) mass is 432 g/mol. The van der Waals surface area contributed by atoms with Gasteiger partial charge in [-0.15, -0.1) is 0 Å². The summed E-state index contributed by atoms with van der Waals surface area (Å²) in [7, 11) is 1.66. The van der Waals surface area contributed by atoms with Crippen LogP contribution in [0.15, 0.2) is 81.5 Å². The zero-order chi connectivity index (χ0) is 22.4. The molecule has 3 aromatic carbocycles. The molecule has 1 N–H and O–H groups in total. The number of hydrogen-bond donors (Lipinski definition) is 1. The highest BCUT2D eigenvalue weighted by Gasteiger charge is 2.20. The fraction of sp³-hybridized carbons (Fsp3) is 0.231. The molecule has 0 unspecified atom stereocenters. The summed E-state index contributed by atoms with van der Waals surface area (Å²) in [6.45, 7) is 7.90. The number of ether oxygens (including phenoxy) is 1. The summed E-state index contributed by atoms with van der Waals surface area (Å²) in [5.41, 5.74) is 4.38. The molecule has 0 spiro atoms. The quantitative estimate of drug-likeness (QED) is 0.401. The van der Waals surface area contributed by atoms with Crippen molar-refractivity contribution in [3.63, 3.8) is 0 Å². The van der Waals surface area contributed by atoms with Gasteiger partial charge in [0.05, 0.1) is 18.5 Å².